The van der Waals surface area contributed by atoms with E-state index in [0.717, 1.165) is 6.54 Å². The van der Waals surface area contributed by atoms with Crippen molar-refractivity contribution >= 4 is 5.69 Å². The van der Waals surface area contributed by atoms with Gasteiger partial charge in [-0.15, -0.1) is 0 Å². The second-order valence-electron chi connectivity index (χ2n) is 3.53. The minimum absolute atomic E-state index is 0.708. The average molecular weight is 162 g/mol. The number of nitrogens with zero attached hydrogens (tertiary/aromatic N) is 1. The number of hydrogen-bond acceptors (Lipinski definition) is 1. The Bertz CT molecular complexity index is 216. The predicted octanol–water partition coefficient (Wildman–Crippen LogP) is 2.58. The van der Waals surface area contributed by atoms with Gasteiger partial charge in [0.2, 0.25) is 0 Å². The lowest BCUT2D eigenvalue weighted by atomic mass is 10.2. The minimum atomic E-state index is 0.708. The van der Waals surface area contributed by atoms with Gasteiger partial charge in [-0.1, -0.05) is 26.0 Å². The maximum atomic E-state index is 3.01. The van der Waals surface area contributed by atoms with Gasteiger partial charge in [0.1, 0.15) is 0 Å². The molecule has 0 N–H and O–H groups in total. The van der Waals surface area contributed by atoms with E-state index < -0.39 is 0 Å². The molecule has 12 heavy (non-hydrogen) atoms. The van der Waals surface area contributed by atoms with E-state index in [9.17, 15) is 0 Å². The summed E-state index contributed by atoms with van der Waals surface area (Å²) in [5, 5.41) is 0. The molecule has 0 aliphatic carbocycles. The van der Waals surface area contributed by atoms with Crippen LogP contribution in [-0.2, 0) is 0 Å². The predicted molar refractivity (Wildman–Crippen MR) is 53.4 cm³/mol. The van der Waals surface area contributed by atoms with E-state index >= 15 is 0 Å². The zero-order valence-corrected chi connectivity index (χ0v) is 8.04. The van der Waals surface area contributed by atoms with E-state index in [0.29, 0.717) is 5.92 Å². The van der Waals surface area contributed by atoms with Gasteiger partial charge in [0, 0.05) is 19.3 Å². The Labute approximate surface area is 75.0 Å². The second kappa shape index (κ2) is 4.15. The van der Waals surface area contributed by atoms with Crippen molar-refractivity contribution in [2.45, 2.75) is 13.8 Å². The number of rotatable bonds is 3. The smallest absolute Gasteiger partial charge is 0.0364 e. The summed E-state index contributed by atoms with van der Waals surface area (Å²) in [5.74, 6) is 0.708. The number of hydrogen-bond donors (Lipinski definition) is 0. The third-order valence-corrected chi connectivity index (χ3v) is 1.78. The SMILES string of the molecule is CC(C)CN(C)c1cc[c]cc1. The topological polar surface area (TPSA) is 3.24 Å². The van der Waals surface area contributed by atoms with E-state index in [1.807, 2.05) is 12.1 Å². The van der Waals surface area contributed by atoms with E-state index in [1.54, 1.807) is 0 Å². The van der Waals surface area contributed by atoms with Crippen LogP contribution in [0.15, 0.2) is 24.3 Å². The van der Waals surface area contributed by atoms with Crippen LogP contribution in [0.3, 0.4) is 0 Å². The van der Waals surface area contributed by atoms with Crippen LogP contribution in [0.2, 0.25) is 0 Å². The summed E-state index contributed by atoms with van der Waals surface area (Å²) in [5.41, 5.74) is 1.27. The molecule has 1 rings (SSSR count). The van der Waals surface area contributed by atoms with Gasteiger partial charge >= 0.3 is 0 Å². The molecule has 0 heterocycles. The molecule has 0 spiro atoms. The highest BCUT2D eigenvalue weighted by Crippen LogP contribution is 2.11. The molecule has 1 aromatic rings. The molecule has 0 aromatic heterocycles. The molecular weight excluding hydrogens is 146 g/mol. The van der Waals surface area contributed by atoms with Gasteiger partial charge in [0.25, 0.3) is 0 Å². The maximum absolute atomic E-state index is 3.01. The van der Waals surface area contributed by atoms with Gasteiger partial charge in [-0.25, -0.2) is 0 Å². The normalized spacial score (nSPS) is 10.3. The lowest BCUT2D eigenvalue weighted by molar-refractivity contribution is 0.638. The first kappa shape index (κ1) is 9.11. The summed E-state index contributed by atoms with van der Waals surface area (Å²) in [6.45, 7) is 5.56. The summed E-state index contributed by atoms with van der Waals surface area (Å²) in [7, 11) is 2.12. The lowest BCUT2D eigenvalue weighted by Gasteiger charge is -2.21. The van der Waals surface area contributed by atoms with Crippen molar-refractivity contribution in [1.29, 1.82) is 0 Å². The largest absolute Gasteiger partial charge is 0.374 e. The zero-order valence-electron chi connectivity index (χ0n) is 8.04. The summed E-state index contributed by atoms with van der Waals surface area (Å²) in [6, 6.07) is 11.1. The van der Waals surface area contributed by atoms with E-state index in [4.69, 9.17) is 0 Å². The molecule has 1 heteroatoms. The average Bonchev–Trinajstić information content (AvgIpc) is 2.05. The van der Waals surface area contributed by atoms with E-state index in [2.05, 4.69) is 44.0 Å². The van der Waals surface area contributed by atoms with Crippen LogP contribution in [0.1, 0.15) is 13.8 Å². The molecule has 0 fully saturated rings. The van der Waals surface area contributed by atoms with Gasteiger partial charge in [0.05, 0.1) is 0 Å². The fourth-order valence-corrected chi connectivity index (χ4v) is 1.29. The Morgan fingerprint density at radius 1 is 1.33 bits per heavy atom. The van der Waals surface area contributed by atoms with Crippen LogP contribution in [0.25, 0.3) is 0 Å². The highest BCUT2D eigenvalue weighted by Gasteiger charge is 2.01. The van der Waals surface area contributed by atoms with Crippen LogP contribution in [0.5, 0.6) is 0 Å². The fourth-order valence-electron chi connectivity index (χ4n) is 1.29. The van der Waals surface area contributed by atoms with Crippen LogP contribution in [0.4, 0.5) is 5.69 Å². The summed E-state index contributed by atoms with van der Waals surface area (Å²) in [6.07, 6.45) is 0. The Kier molecular flexibility index (Phi) is 3.15. The third-order valence-electron chi connectivity index (χ3n) is 1.78. The van der Waals surface area contributed by atoms with Crippen molar-refractivity contribution in [2.24, 2.45) is 5.92 Å². The van der Waals surface area contributed by atoms with E-state index in [1.165, 1.54) is 5.69 Å². The summed E-state index contributed by atoms with van der Waals surface area (Å²) in [4.78, 5) is 2.26. The molecule has 0 bridgehead atoms. The van der Waals surface area contributed by atoms with Crippen LogP contribution >= 0.6 is 0 Å². The van der Waals surface area contributed by atoms with Crippen molar-refractivity contribution in [1.82, 2.24) is 0 Å². The lowest BCUT2D eigenvalue weighted by Crippen LogP contribution is -2.22. The highest BCUT2D eigenvalue weighted by molar-refractivity contribution is 5.44. The monoisotopic (exact) mass is 162 g/mol. The Balaban J connectivity index is 2.59. The highest BCUT2D eigenvalue weighted by atomic mass is 15.1. The Morgan fingerprint density at radius 2 is 1.92 bits per heavy atom. The molecule has 1 radical (unpaired) electrons. The molecule has 0 atom stereocenters. The molecule has 1 nitrogen and oxygen atoms in total. The second-order valence-corrected chi connectivity index (χ2v) is 3.53. The van der Waals surface area contributed by atoms with Crippen molar-refractivity contribution < 1.29 is 0 Å². The Morgan fingerprint density at radius 3 is 2.42 bits per heavy atom. The first-order valence-corrected chi connectivity index (χ1v) is 4.37. The van der Waals surface area contributed by atoms with Gasteiger partial charge in [0.15, 0.2) is 0 Å². The molecule has 0 saturated heterocycles. The van der Waals surface area contributed by atoms with Crippen LogP contribution in [0, 0.1) is 12.0 Å². The molecular formula is C11H16N. The van der Waals surface area contributed by atoms with Crippen molar-refractivity contribution in [3.63, 3.8) is 0 Å². The van der Waals surface area contributed by atoms with Gasteiger partial charge < -0.3 is 4.90 Å². The molecule has 0 aliphatic heterocycles. The molecule has 0 aliphatic rings. The van der Waals surface area contributed by atoms with Gasteiger partial charge in [-0.3, -0.25) is 0 Å². The molecule has 0 unspecified atom stereocenters. The minimum Gasteiger partial charge on any atom is -0.374 e. The number of anilines is 1. The molecule has 0 amide bonds. The van der Waals surface area contributed by atoms with Crippen LogP contribution in [-0.4, -0.2) is 13.6 Å². The van der Waals surface area contributed by atoms with Crippen molar-refractivity contribution in [3.8, 4) is 0 Å². The van der Waals surface area contributed by atoms with Crippen LogP contribution < -0.4 is 4.90 Å². The zero-order chi connectivity index (χ0) is 8.97. The standard InChI is InChI=1S/C11H16N/c1-10(2)9-12(3)11-7-5-4-6-8-11/h5-8,10H,9H2,1-3H3. The maximum Gasteiger partial charge on any atom is 0.0364 e. The molecule has 0 saturated carbocycles. The summed E-state index contributed by atoms with van der Waals surface area (Å²) >= 11 is 0. The van der Waals surface area contributed by atoms with Crippen molar-refractivity contribution in [3.05, 3.63) is 30.3 Å². The first-order chi connectivity index (χ1) is 5.70. The Hall–Kier alpha value is -0.980. The van der Waals surface area contributed by atoms with E-state index in [-0.39, 0.29) is 0 Å². The third kappa shape index (κ3) is 2.57. The van der Waals surface area contributed by atoms with Gasteiger partial charge in [-0.05, 0) is 24.1 Å². The number of benzene rings is 1. The quantitative estimate of drug-likeness (QED) is 0.660. The first-order valence-electron chi connectivity index (χ1n) is 4.37. The van der Waals surface area contributed by atoms with Gasteiger partial charge in [-0.2, -0.15) is 0 Å². The van der Waals surface area contributed by atoms with Crippen molar-refractivity contribution in [2.75, 3.05) is 18.5 Å². The molecule has 65 valence electrons. The molecule has 1 aromatic carbocycles. The fraction of sp³-hybridized carbons (Fsp3) is 0.455. The summed E-state index contributed by atoms with van der Waals surface area (Å²) < 4.78 is 0.